The number of nitrogens with zero attached hydrogens (tertiary/aromatic N) is 3. The van der Waals surface area contributed by atoms with Crippen molar-refractivity contribution in [1.82, 2.24) is 15.0 Å². The summed E-state index contributed by atoms with van der Waals surface area (Å²) in [7, 11) is 0. The van der Waals surface area contributed by atoms with Crippen LogP contribution in [-0.2, 0) is 16.2 Å². The zero-order valence-electron chi connectivity index (χ0n) is 35.6. The number of aromatic nitrogens is 3. The molecule has 0 bridgehead atoms. The lowest BCUT2D eigenvalue weighted by Crippen LogP contribution is -2.19. The van der Waals surface area contributed by atoms with Crippen LogP contribution in [0.3, 0.4) is 0 Å². The minimum Gasteiger partial charge on any atom is -0.208 e. The molecular formula is C52H63N3. The van der Waals surface area contributed by atoms with E-state index < -0.39 is 0 Å². The molecule has 3 heteroatoms. The van der Waals surface area contributed by atoms with Gasteiger partial charge in [-0.2, -0.15) is 0 Å². The van der Waals surface area contributed by atoms with E-state index in [1.165, 1.54) is 39.0 Å². The van der Waals surface area contributed by atoms with Crippen molar-refractivity contribution in [3.63, 3.8) is 0 Å². The molecule has 3 nitrogen and oxygen atoms in total. The Labute approximate surface area is 332 Å². The van der Waals surface area contributed by atoms with E-state index in [1.807, 2.05) is 0 Å². The summed E-state index contributed by atoms with van der Waals surface area (Å²) in [6, 6.07) is 33.8. The molecule has 55 heavy (non-hydrogen) atoms. The van der Waals surface area contributed by atoms with Crippen molar-refractivity contribution in [2.75, 3.05) is 0 Å². The molecule has 0 spiro atoms. The largest absolute Gasteiger partial charge is 0.208 e. The van der Waals surface area contributed by atoms with E-state index >= 15 is 0 Å². The third kappa shape index (κ3) is 8.77. The van der Waals surface area contributed by atoms with Gasteiger partial charge in [0, 0.05) is 22.6 Å². The number of benzene rings is 4. The third-order valence-corrected chi connectivity index (χ3v) is 12.5. The molecule has 0 saturated heterocycles. The molecule has 286 valence electrons. The molecule has 1 aliphatic rings. The molecule has 0 amide bonds. The van der Waals surface area contributed by atoms with Gasteiger partial charge in [-0.25, -0.2) is 15.0 Å². The molecule has 4 aromatic carbocycles. The lowest BCUT2D eigenvalue weighted by molar-refractivity contribution is 0.439. The molecule has 0 aliphatic heterocycles. The van der Waals surface area contributed by atoms with E-state index in [0.717, 1.165) is 42.4 Å². The molecular weight excluding hydrogens is 667 g/mol. The van der Waals surface area contributed by atoms with Gasteiger partial charge in [-0.3, -0.25) is 0 Å². The van der Waals surface area contributed by atoms with Crippen molar-refractivity contribution in [3.05, 3.63) is 137 Å². The van der Waals surface area contributed by atoms with Crippen LogP contribution in [0.1, 0.15) is 137 Å². The molecule has 1 unspecified atom stereocenters. The molecule has 0 N–H and O–H groups in total. The molecule has 5 aromatic rings. The summed E-state index contributed by atoms with van der Waals surface area (Å²) < 4.78 is 0. The molecule has 0 radical (unpaired) electrons. The fourth-order valence-electron chi connectivity index (χ4n) is 7.47. The first-order valence-corrected chi connectivity index (χ1v) is 20.6. The molecule has 0 saturated carbocycles. The monoisotopic (exact) mass is 730 g/mol. The van der Waals surface area contributed by atoms with Crippen molar-refractivity contribution < 1.29 is 0 Å². The standard InChI is InChI=1S/C52H63N3/c1-13-51(10,11)44-28-20-37(21-29-44)46-53-47(38-22-30-45(31-23-38)52(12,14-2)15-3)55-48(54-46)41-33-39(35-16-24-42(25-17-35)49(4,5)6)32-40(34-41)36-18-26-43(27-19-36)50(7,8)9/h16-18,20-34,36H,13-15,19H2,1-12H3. The number of rotatable bonds is 10. The van der Waals surface area contributed by atoms with E-state index in [0.29, 0.717) is 17.5 Å². The van der Waals surface area contributed by atoms with Gasteiger partial charge in [-0.1, -0.05) is 180 Å². The maximum atomic E-state index is 5.26. The predicted molar refractivity (Wildman–Crippen MR) is 236 cm³/mol. The molecule has 1 aromatic heterocycles. The predicted octanol–water partition coefficient (Wildman–Crippen LogP) is 14.6. The summed E-state index contributed by atoms with van der Waals surface area (Å²) >= 11 is 0. The average molecular weight is 730 g/mol. The fourth-order valence-corrected chi connectivity index (χ4v) is 7.47. The van der Waals surface area contributed by atoms with Gasteiger partial charge in [0.15, 0.2) is 17.5 Å². The summed E-state index contributed by atoms with van der Waals surface area (Å²) in [4.78, 5) is 15.7. The Bertz CT molecular complexity index is 2160. The van der Waals surface area contributed by atoms with Crippen LogP contribution in [0, 0.1) is 5.41 Å². The van der Waals surface area contributed by atoms with Gasteiger partial charge in [0.2, 0.25) is 0 Å². The van der Waals surface area contributed by atoms with E-state index in [-0.39, 0.29) is 27.6 Å². The number of hydrogen-bond donors (Lipinski definition) is 0. The normalized spacial score (nSPS) is 15.3. The van der Waals surface area contributed by atoms with Gasteiger partial charge in [0.1, 0.15) is 0 Å². The Morgan fingerprint density at radius 1 is 0.491 bits per heavy atom. The van der Waals surface area contributed by atoms with Crippen molar-refractivity contribution in [3.8, 4) is 45.3 Å². The van der Waals surface area contributed by atoms with Crippen LogP contribution in [0.15, 0.2) is 115 Å². The van der Waals surface area contributed by atoms with Crippen molar-refractivity contribution in [2.45, 2.75) is 131 Å². The summed E-state index contributed by atoms with van der Waals surface area (Å²) in [5.74, 6) is 2.33. The smallest absolute Gasteiger partial charge is 0.164 e. The van der Waals surface area contributed by atoms with E-state index in [1.54, 1.807) is 0 Å². The lowest BCUT2D eigenvalue weighted by Gasteiger charge is -2.27. The maximum Gasteiger partial charge on any atom is 0.164 e. The third-order valence-electron chi connectivity index (χ3n) is 12.5. The molecule has 0 fully saturated rings. The SMILES string of the molecule is CCC(C)(C)c1ccc(-c2nc(-c3ccc(C(C)(CC)CC)cc3)nc(-c3cc(-c4ccc(C(C)(C)C)cc4)cc(C4C=CC(C(C)(C)C)=CC4)c3)n2)cc1. The van der Waals surface area contributed by atoms with Crippen LogP contribution in [0.2, 0.25) is 0 Å². The highest BCUT2D eigenvalue weighted by atomic mass is 15.0. The molecule has 1 aliphatic carbocycles. The number of hydrogen-bond acceptors (Lipinski definition) is 3. The van der Waals surface area contributed by atoms with Crippen LogP contribution < -0.4 is 0 Å². The quantitative estimate of drug-likeness (QED) is 0.144. The van der Waals surface area contributed by atoms with Crippen molar-refractivity contribution in [1.29, 1.82) is 0 Å². The zero-order chi connectivity index (χ0) is 39.8. The average Bonchev–Trinajstić information content (AvgIpc) is 3.19. The first-order chi connectivity index (χ1) is 25.9. The van der Waals surface area contributed by atoms with E-state index in [2.05, 4.69) is 192 Å². The van der Waals surface area contributed by atoms with Gasteiger partial charge >= 0.3 is 0 Å². The fraction of sp³-hybridized carbons (Fsp3) is 0.404. The first kappa shape index (κ1) is 40.0. The van der Waals surface area contributed by atoms with Gasteiger partial charge in [0.25, 0.3) is 0 Å². The van der Waals surface area contributed by atoms with Crippen LogP contribution in [-0.4, -0.2) is 15.0 Å². The van der Waals surface area contributed by atoms with Gasteiger partial charge in [0.05, 0.1) is 0 Å². The van der Waals surface area contributed by atoms with Gasteiger partial charge < -0.3 is 0 Å². The minimum absolute atomic E-state index is 0.0849. The minimum atomic E-state index is 0.0849. The Morgan fingerprint density at radius 2 is 0.964 bits per heavy atom. The molecule has 1 heterocycles. The highest BCUT2D eigenvalue weighted by Crippen LogP contribution is 2.39. The summed E-state index contributed by atoms with van der Waals surface area (Å²) in [5.41, 5.74) is 12.4. The maximum absolute atomic E-state index is 5.26. The second kappa shape index (κ2) is 15.5. The Balaban J connectivity index is 1.52. The lowest BCUT2D eigenvalue weighted by atomic mass is 9.78. The van der Waals surface area contributed by atoms with Crippen molar-refractivity contribution >= 4 is 0 Å². The summed E-state index contributed by atoms with van der Waals surface area (Å²) in [6.07, 6.45) is 11.3. The Kier molecular flexibility index (Phi) is 11.3. The highest BCUT2D eigenvalue weighted by Gasteiger charge is 2.24. The first-order valence-electron chi connectivity index (χ1n) is 20.6. The summed E-state index contributed by atoms with van der Waals surface area (Å²) in [6.45, 7) is 27.4. The Morgan fingerprint density at radius 3 is 1.42 bits per heavy atom. The van der Waals surface area contributed by atoms with E-state index in [4.69, 9.17) is 15.0 Å². The molecule has 6 rings (SSSR count). The zero-order valence-corrected chi connectivity index (χ0v) is 35.6. The highest BCUT2D eigenvalue weighted by molar-refractivity contribution is 5.74. The van der Waals surface area contributed by atoms with Crippen LogP contribution in [0.25, 0.3) is 45.3 Å². The second-order valence-corrected chi connectivity index (χ2v) is 18.7. The van der Waals surface area contributed by atoms with Crippen LogP contribution in [0.5, 0.6) is 0 Å². The summed E-state index contributed by atoms with van der Waals surface area (Å²) in [5, 5.41) is 0. The van der Waals surface area contributed by atoms with Gasteiger partial charge in [-0.15, -0.1) is 0 Å². The topological polar surface area (TPSA) is 38.7 Å². The van der Waals surface area contributed by atoms with Crippen molar-refractivity contribution in [2.24, 2.45) is 5.41 Å². The molecule has 1 atom stereocenters. The van der Waals surface area contributed by atoms with Gasteiger partial charge in [-0.05, 0) is 98.4 Å². The van der Waals surface area contributed by atoms with Crippen LogP contribution in [0.4, 0.5) is 0 Å². The van der Waals surface area contributed by atoms with Crippen LogP contribution >= 0.6 is 0 Å². The number of allylic oxidation sites excluding steroid dienone is 4. The Hall–Kier alpha value is -4.63. The second-order valence-electron chi connectivity index (χ2n) is 18.7. The van der Waals surface area contributed by atoms with E-state index in [9.17, 15) is 0 Å².